The average Bonchev–Trinajstić information content (AvgIpc) is 3.09. The second-order valence-electron chi connectivity index (χ2n) is 6.18. The van der Waals surface area contributed by atoms with Crippen molar-refractivity contribution in [1.82, 2.24) is 4.90 Å². The average molecular weight is 349 g/mol. The summed E-state index contributed by atoms with van der Waals surface area (Å²) in [4.78, 5) is 25.5. The summed E-state index contributed by atoms with van der Waals surface area (Å²) < 4.78 is 16.5. The zero-order chi connectivity index (χ0) is 17.8. The fourth-order valence-corrected chi connectivity index (χ4v) is 3.51. The van der Waals surface area contributed by atoms with Crippen LogP contribution in [0.25, 0.3) is 0 Å². The summed E-state index contributed by atoms with van der Waals surface area (Å²) in [5.74, 6) is -0.415. The molecule has 0 radical (unpaired) electrons. The van der Waals surface area contributed by atoms with Crippen LogP contribution in [0.15, 0.2) is 18.2 Å². The summed E-state index contributed by atoms with van der Waals surface area (Å²) in [6.07, 6.45) is 3.18. The number of nitrogens with zero attached hydrogens (tertiary/aromatic N) is 1. The molecule has 1 aliphatic carbocycles. The zero-order valence-corrected chi connectivity index (χ0v) is 14.3. The molecule has 1 aliphatic heterocycles. The van der Waals surface area contributed by atoms with E-state index in [0.29, 0.717) is 36.8 Å². The van der Waals surface area contributed by atoms with Crippen LogP contribution in [0.3, 0.4) is 0 Å². The molecule has 0 unspecified atom stereocenters. The molecular weight excluding hydrogens is 326 g/mol. The summed E-state index contributed by atoms with van der Waals surface area (Å²) in [7, 11) is 0. The number of ether oxygens (including phenoxy) is 3. The van der Waals surface area contributed by atoms with Gasteiger partial charge in [0.05, 0.1) is 25.4 Å². The highest BCUT2D eigenvalue weighted by Crippen LogP contribution is 2.33. The van der Waals surface area contributed by atoms with Crippen molar-refractivity contribution in [2.24, 2.45) is 0 Å². The van der Waals surface area contributed by atoms with E-state index in [2.05, 4.69) is 0 Å². The van der Waals surface area contributed by atoms with Gasteiger partial charge in [-0.25, -0.2) is 4.79 Å². The van der Waals surface area contributed by atoms with Gasteiger partial charge in [-0.15, -0.1) is 0 Å². The quantitative estimate of drug-likeness (QED) is 0.845. The highest BCUT2D eigenvalue weighted by molar-refractivity contribution is 5.95. The number of morpholine rings is 1. The number of carboxylic acid groups (broad SMARTS) is 1. The maximum absolute atomic E-state index is 13.0. The standard InChI is InChI=1S/C18H23NO6/c1-2-23-16-10-12(6-7-15(16)25-11-17(20)21)18(22)19-8-9-24-14-5-3-4-13(14)19/h6-7,10,13-14H,2-5,8-9,11H2,1H3,(H,20,21)/t13-,14+/m1/s1. The highest BCUT2D eigenvalue weighted by atomic mass is 16.5. The molecule has 1 amide bonds. The molecule has 0 aromatic heterocycles. The van der Waals surface area contributed by atoms with E-state index in [-0.39, 0.29) is 18.1 Å². The molecule has 2 fully saturated rings. The van der Waals surface area contributed by atoms with Crippen molar-refractivity contribution in [3.8, 4) is 11.5 Å². The van der Waals surface area contributed by atoms with Crippen LogP contribution in [-0.2, 0) is 9.53 Å². The lowest BCUT2D eigenvalue weighted by molar-refractivity contribution is -0.139. The van der Waals surface area contributed by atoms with Gasteiger partial charge in [-0.2, -0.15) is 0 Å². The summed E-state index contributed by atoms with van der Waals surface area (Å²) in [6, 6.07) is 5.01. The molecule has 1 heterocycles. The number of carboxylic acids is 1. The SMILES string of the molecule is CCOc1cc(C(=O)N2CCO[C@H]3CCC[C@H]32)ccc1OCC(=O)O. The molecule has 0 spiro atoms. The van der Waals surface area contributed by atoms with Gasteiger partial charge < -0.3 is 24.2 Å². The first-order valence-corrected chi connectivity index (χ1v) is 8.64. The lowest BCUT2D eigenvalue weighted by Crippen LogP contribution is -2.51. The van der Waals surface area contributed by atoms with Crippen molar-refractivity contribution in [3.63, 3.8) is 0 Å². The first-order valence-electron chi connectivity index (χ1n) is 8.64. The minimum atomic E-state index is -1.07. The highest BCUT2D eigenvalue weighted by Gasteiger charge is 2.38. The van der Waals surface area contributed by atoms with Crippen molar-refractivity contribution in [1.29, 1.82) is 0 Å². The lowest BCUT2D eigenvalue weighted by Gasteiger charge is -2.37. The monoisotopic (exact) mass is 349 g/mol. The third-order valence-electron chi connectivity index (χ3n) is 4.58. The third-order valence-corrected chi connectivity index (χ3v) is 4.58. The predicted molar refractivity (Wildman–Crippen MR) is 89.2 cm³/mol. The van der Waals surface area contributed by atoms with Crippen LogP contribution >= 0.6 is 0 Å². The summed E-state index contributed by atoms with van der Waals surface area (Å²) in [5, 5.41) is 8.76. The van der Waals surface area contributed by atoms with Gasteiger partial charge in [-0.1, -0.05) is 0 Å². The molecule has 3 rings (SSSR count). The number of hydrogen-bond acceptors (Lipinski definition) is 5. The first kappa shape index (κ1) is 17.5. The minimum Gasteiger partial charge on any atom is -0.490 e. The number of carbonyl (C=O) groups excluding carboxylic acids is 1. The molecule has 25 heavy (non-hydrogen) atoms. The van der Waals surface area contributed by atoms with Crippen molar-refractivity contribution in [3.05, 3.63) is 23.8 Å². The fraction of sp³-hybridized carbons (Fsp3) is 0.556. The Morgan fingerprint density at radius 2 is 2.12 bits per heavy atom. The number of rotatable bonds is 6. The number of carbonyl (C=O) groups is 2. The van der Waals surface area contributed by atoms with Crippen LogP contribution in [-0.4, -0.2) is 60.4 Å². The summed E-state index contributed by atoms with van der Waals surface area (Å²) in [6.45, 7) is 2.90. The third kappa shape index (κ3) is 3.87. The number of amides is 1. The van der Waals surface area contributed by atoms with E-state index >= 15 is 0 Å². The van der Waals surface area contributed by atoms with E-state index in [9.17, 15) is 9.59 Å². The maximum Gasteiger partial charge on any atom is 0.341 e. The Morgan fingerprint density at radius 3 is 2.88 bits per heavy atom. The van der Waals surface area contributed by atoms with Gasteiger partial charge in [0, 0.05) is 12.1 Å². The maximum atomic E-state index is 13.0. The van der Waals surface area contributed by atoms with Gasteiger partial charge in [0.15, 0.2) is 18.1 Å². The normalized spacial score (nSPS) is 22.4. The second-order valence-corrected chi connectivity index (χ2v) is 6.18. The van der Waals surface area contributed by atoms with Gasteiger partial charge >= 0.3 is 5.97 Å². The molecule has 1 N–H and O–H groups in total. The zero-order valence-electron chi connectivity index (χ0n) is 14.3. The van der Waals surface area contributed by atoms with Crippen LogP contribution in [0, 0.1) is 0 Å². The van der Waals surface area contributed by atoms with Gasteiger partial charge in [0.1, 0.15) is 0 Å². The summed E-state index contributed by atoms with van der Waals surface area (Å²) >= 11 is 0. The van der Waals surface area contributed by atoms with Crippen molar-refractivity contribution < 1.29 is 28.9 Å². The van der Waals surface area contributed by atoms with Crippen molar-refractivity contribution in [2.75, 3.05) is 26.4 Å². The van der Waals surface area contributed by atoms with E-state index in [0.717, 1.165) is 19.3 Å². The molecule has 2 aliphatic rings. The van der Waals surface area contributed by atoms with Crippen molar-refractivity contribution in [2.45, 2.75) is 38.3 Å². The largest absolute Gasteiger partial charge is 0.490 e. The summed E-state index contributed by atoms with van der Waals surface area (Å²) in [5.41, 5.74) is 0.513. The molecular formula is C18H23NO6. The van der Waals surface area contributed by atoms with E-state index in [1.54, 1.807) is 18.2 Å². The fourth-order valence-electron chi connectivity index (χ4n) is 3.51. The molecule has 1 saturated heterocycles. The van der Waals surface area contributed by atoms with E-state index in [1.807, 2.05) is 11.8 Å². The Bertz CT molecular complexity index is 646. The number of fused-ring (bicyclic) bond motifs is 1. The van der Waals surface area contributed by atoms with Crippen molar-refractivity contribution >= 4 is 11.9 Å². The number of hydrogen-bond donors (Lipinski definition) is 1. The van der Waals surface area contributed by atoms with Gasteiger partial charge in [0.25, 0.3) is 5.91 Å². The Balaban J connectivity index is 1.79. The lowest BCUT2D eigenvalue weighted by atomic mass is 10.1. The smallest absolute Gasteiger partial charge is 0.341 e. The van der Waals surface area contributed by atoms with Gasteiger partial charge in [-0.3, -0.25) is 4.79 Å². The van der Waals surface area contributed by atoms with Crippen LogP contribution in [0.1, 0.15) is 36.5 Å². The molecule has 7 nitrogen and oxygen atoms in total. The topological polar surface area (TPSA) is 85.3 Å². The molecule has 136 valence electrons. The van der Waals surface area contributed by atoms with E-state index < -0.39 is 12.6 Å². The molecule has 1 saturated carbocycles. The Labute approximate surface area is 146 Å². The number of aliphatic carboxylic acids is 1. The van der Waals surface area contributed by atoms with E-state index in [1.165, 1.54) is 0 Å². The van der Waals surface area contributed by atoms with Gasteiger partial charge in [0.2, 0.25) is 0 Å². The molecule has 1 aromatic carbocycles. The van der Waals surface area contributed by atoms with Crippen LogP contribution in [0.4, 0.5) is 0 Å². The molecule has 1 aromatic rings. The minimum absolute atomic E-state index is 0.0501. The van der Waals surface area contributed by atoms with Gasteiger partial charge in [-0.05, 0) is 44.4 Å². The van der Waals surface area contributed by atoms with Crippen LogP contribution < -0.4 is 9.47 Å². The molecule has 2 atom stereocenters. The molecule has 7 heteroatoms. The Kier molecular flexibility index (Phi) is 5.43. The Hall–Kier alpha value is -2.28. The van der Waals surface area contributed by atoms with E-state index in [4.69, 9.17) is 19.3 Å². The Morgan fingerprint density at radius 1 is 1.28 bits per heavy atom. The first-order chi connectivity index (χ1) is 12.1. The van der Waals surface area contributed by atoms with Crippen LogP contribution in [0.2, 0.25) is 0 Å². The van der Waals surface area contributed by atoms with Crippen LogP contribution in [0.5, 0.6) is 11.5 Å². The molecule has 0 bridgehead atoms. The predicted octanol–water partition coefficient (Wildman–Crippen LogP) is 1.94. The number of benzene rings is 1. The second kappa shape index (κ2) is 7.74.